The number of nitrogens with zero attached hydrogens (tertiary/aromatic N) is 2. The van der Waals surface area contributed by atoms with E-state index >= 15 is 0 Å². The van der Waals surface area contributed by atoms with Crippen LogP contribution >= 0.6 is 0 Å². The van der Waals surface area contributed by atoms with E-state index in [1.807, 2.05) is 17.0 Å². The lowest BCUT2D eigenvalue weighted by atomic mass is 9.94. The molecule has 2 amide bonds. The van der Waals surface area contributed by atoms with Crippen LogP contribution in [0.1, 0.15) is 56.6 Å². The van der Waals surface area contributed by atoms with Crippen LogP contribution < -0.4 is 5.32 Å². The summed E-state index contributed by atoms with van der Waals surface area (Å²) in [5.74, 6) is -0.128. The van der Waals surface area contributed by atoms with E-state index in [1.165, 1.54) is 6.42 Å². The van der Waals surface area contributed by atoms with Crippen molar-refractivity contribution in [1.29, 1.82) is 0 Å². The second-order valence-electron chi connectivity index (χ2n) is 7.34. The number of ether oxygens (including phenoxy) is 1. The molecule has 4 rings (SSSR count). The normalized spacial score (nSPS) is 28.0. The van der Waals surface area contributed by atoms with Crippen LogP contribution in [-0.2, 0) is 14.3 Å². The zero-order chi connectivity index (χ0) is 17.2. The molecular formula is C19H25N3O3. The third kappa shape index (κ3) is 3.54. The predicted octanol–water partition coefficient (Wildman–Crippen LogP) is 1.96. The summed E-state index contributed by atoms with van der Waals surface area (Å²) in [6, 6.07) is 3.84. The Balaban J connectivity index is 1.57. The standard InChI is InChI=1S/C19H25N3O3/c23-16-12-25-18(19(24)21-14-6-2-1-3-7-14)17(22(16)15-8-9-15)13-5-4-10-20-11-13/h4-5,10-11,14-15,17-18H,1-3,6-9,12H2,(H,21,24)/t17-,18+/m1/s1. The van der Waals surface area contributed by atoms with Crippen molar-refractivity contribution in [1.82, 2.24) is 15.2 Å². The highest BCUT2D eigenvalue weighted by atomic mass is 16.5. The van der Waals surface area contributed by atoms with Crippen molar-refractivity contribution < 1.29 is 14.3 Å². The molecule has 134 valence electrons. The minimum Gasteiger partial charge on any atom is -0.356 e. The molecule has 2 saturated carbocycles. The Morgan fingerprint density at radius 1 is 1.20 bits per heavy atom. The molecule has 2 aliphatic carbocycles. The Kier molecular flexibility index (Phi) is 4.70. The van der Waals surface area contributed by atoms with Crippen molar-refractivity contribution >= 4 is 11.8 Å². The largest absolute Gasteiger partial charge is 0.356 e. The number of morpholine rings is 1. The monoisotopic (exact) mass is 343 g/mol. The zero-order valence-electron chi connectivity index (χ0n) is 14.4. The van der Waals surface area contributed by atoms with Crippen LogP contribution in [0.4, 0.5) is 0 Å². The molecule has 1 saturated heterocycles. The summed E-state index contributed by atoms with van der Waals surface area (Å²) in [5, 5.41) is 3.16. The van der Waals surface area contributed by atoms with Gasteiger partial charge in [-0.25, -0.2) is 0 Å². The lowest BCUT2D eigenvalue weighted by Crippen LogP contribution is -2.56. The molecule has 0 radical (unpaired) electrons. The first-order chi connectivity index (χ1) is 12.2. The Labute approximate surface area is 147 Å². The average molecular weight is 343 g/mol. The highest BCUT2D eigenvalue weighted by molar-refractivity contribution is 5.87. The number of rotatable bonds is 4. The van der Waals surface area contributed by atoms with Gasteiger partial charge in [0.2, 0.25) is 5.91 Å². The number of carbonyl (C=O) groups is 2. The van der Waals surface area contributed by atoms with Gasteiger partial charge in [-0.05, 0) is 37.3 Å². The summed E-state index contributed by atoms with van der Waals surface area (Å²) in [4.78, 5) is 31.5. The van der Waals surface area contributed by atoms with E-state index in [0.29, 0.717) is 0 Å². The van der Waals surface area contributed by atoms with E-state index in [9.17, 15) is 9.59 Å². The molecule has 0 bridgehead atoms. The third-order valence-electron chi connectivity index (χ3n) is 5.44. The van der Waals surface area contributed by atoms with Gasteiger partial charge in [0.1, 0.15) is 6.61 Å². The maximum absolute atomic E-state index is 13.0. The van der Waals surface area contributed by atoms with E-state index in [4.69, 9.17) is 4.74 Å². The summed E-state index contributed by atoms with van der Waals surface area (Å²) < 4.78 is 5.74. The fourth-order valence-electron chi connectivity index (χ4n) is 4.05. The maximum atomic E-state index is 13.0. The first-order valence-electron chi connectivity index (χ1n) is 9.37. The average Bonchev–Trinajstić information content (AvgIpc) is 3.48. The summed E-state index contributed by atoms with van der Waals surface area (Å²) in [6.45, 7) is -0.0178. The van der Waals surface area contributed by atoms with Gasteiger partial charge in [0.25, 0.3) is 5.91 Å². The summed E-state index contributed by atoms with van der Waals surface area (Å²) in [5.41, 5.74) is 0.867. The van der Waals surface area contributed by atoms with Gasteiger partial charge in [0.15, 0.2) is 6.10 Å². The summed E-state index contributed by atoms with van der Waals surface area (Å²) in [6.07, 6.45) is 10.4. The van der Waals surface area contributed by atoms with Crippen molar-refractivity contribution in [3.63, 3.8) is 0 Å². The molecule has 0 aromatic carbocycles. The van der Waals surface area contributed by atoms with Crippen molar-refractivity contribution in [2.75, 3.05) is 6.61 Å². The van der Waals surface area contributed by atoms with Crippen LogP contribution in [0.25, 0.3) is 0 Å². The number of nitrogens with one attached hydrogen (secondary N) is 1. The van der Waals surface area contributed by atoms with Gasteiger partial charge in [0.05, 0.1) is 6.04 Å². The minimum atomic E-state index is -0.663. The molecule has 2 atom stereocenters. The molecule has 1 aromatic heterocycles. The lowest BCUT2D eigenvalue weighted by molar-refractivity contribution is -0.165. The van der Waals surface area contributed by atoms with Gasteiger partial charge < -0.3 is 15.0 Å². The summed E-state index contributed by atoms with van der Waals surface area (Å²) >= 11 is 0. The second-order valence-corrected chi connectivity index (χ2v) is 7.34. The molecular weight excluding hydrogens is 318 g/mol. The highest BCUT2D eigenvalue weighted by Gasteiger charge is 2.47. The van der Waals surface area contributed by atoms with Crippen LogP contribution in [-0.4, -0.2) is 46.5 Å². The molecule has 2 heterocycles. The number of hydrogen-bond acceptors (Lipinski definition) is 4. The number of aromatic nitrogens is 1. The van der Waals surface area contributed by atoms with Crippen molar-refractivity contribution in [3.05, 3.63) is 30.1 Å². The molecule has 1 aromatic rings. The smallest absolute Gasteiger partial charge is 0.251 e. The van der Waals surface area contributed by atoms with E-state index in [0.717, 1.165) is 44.1 Å². The van der Waals surface area contributed by atoms with Crippen molar-refractivity contribution in [2.45, 2.75) is 69.2 Å². The van der Waals surface area contributed by atoms with E-state index in [-0.39, 0.29) is 36.5 Å². The zero-order valence-corrected chi connectivity index (χ0v) is 14.4. The highest BCUT2D eigenvalue weighted by Crippen LogP contribution is 2.39. The Bertz CT molecular complexity index is 626. The van der Waals surface area contributed by atoms with Gasteiger partial charge in [-0.3, -0.25) is 14.6 Å². The molecule has 0 spiro atoms. The second kappa shape index (κ2) is 7.12. The first-order valence-corrected chi connectivity index (χ1v) is 9.37. The predicted molar refractivity (Wildman–Crippen MR) is 91.6 cm³/mol. The van der Waals surface area contributed by atoms with Gasteiger partial charge >= 0.3 is 0 Å². The Hall–Kier alpha value is -1.95. The summed E-state index contributed by atoms with van der Waals surface area (Å²) in [7, 11) is 0. The number of hydrogen-bond donors (Lipinski definition) is 1. The van der Waals surface area contributed by atoms with E-state index in [1.54, 1.807) is 12.4 Å². The van der Waals surface area contributed by atoms with Gasteiger partial charge in [-0.1, -0.05) is 25.3 Å². The van der Waals surface area contributed by atoms with Crippen molar-refractivity contribution in [2.24, 2.45) is 0 Å². The fourth-order valence-corrected chi connectivity index (χ4v) is 4.05. The molecule has 6 nitrogen and oxygen atoms in total. The number of carbonyl (C=O) groups excluding carboxylic acids is 2. The number of pyridine rings is 1. The quantitative estimate of drug-likeness (QED) is 0.907. The third-order valence-corrected chi connectivity index (χ3v) is 5.44. The molecule has 0 unspecified atom stereocenters. The Morgan fingerprint density at radius 2 is 2.00 bits per heavy atom. The van der Waals surface area contributed by atoms with Gasteiger partial charge in [-0.2, -0.15) is 0 Å². The van der Waals surface area contributed by atoms with Crippen LogP contribution in [0.2, 0.25) is 0 Å². The van der Waals surface area contributed by atoms with Crippen molar-refractivity contribution in [3.8, 4) is 0 Å². The first kappa shape index (κ1) is 16.5. The van der Waals surface area contributed by atoms with Gasteiger partial charge in [-0.15, -0.1) is 0 Å². The van der Waals surface area contributed by atoms with Crippen LogP contribution in [0.5, 0.6) is 0 Å². The van der Waals surface area contributed by atoms with Crippen LogP contribution in [0, 0.1) is 0 Å². The van der Waals surface area contributed by atoms with Gasteiger partial charge in [0, 0.05) is 24.5 Å². The molecule has 1 aliphatic heterocycles. The maximum Gasteiger partial charge on any atom is 0.251 e. The molecule has 3 fully saturated rings. The molecule has 1 N–H and O–H groups in total. The Morgan fingerprint density at radius 3 is 2.68 bits per heavy atom. The SMILES string of the molecule is O=C(NC1CCCCC1)[C@H]1OCC(=O)N(C2CC2)[C@@H]1c1cccnc1. The van der Waals surface area contributed by atoms with Crippen LogP contribution in [0.15, 0.2) is 24.5 Å². The van der Waals surface area contributed by atoms with E-state index in [2.05, 4.69) is 10.3 Å². The minimum absolute atomic E-state index is 0.0178. The lowest BCUT2D eigenvalue weighted by Gasteiger charge is -2.41. The molecule has 25 heavy (non-hydrogen) atoms. The van der Waals surface area contributed by atoms with E-state index < -0.39 is 6.10 Å². The topological polar surface area (TPSA) is 71.5 Å². The molecule has 6 heteroatoms. The fraction of sp³-hybridized carbons (Fsp3) is 0.632. The van der Waals surface area contributed by atoms with Crippen LogP contribution in [0.3, 0.4) is 0 Å². The number of amides is 2. The molecule has 3 aliphatic rings.